The Bertz CT molecular complexity index is 512. The summed E-state index contributed by atoms with van der Waals surface area (Å²) < 4.78 is 2.08. The maximum Gasteiger partial charge on any atom is 0.0682 e. The monoisotopic (exact) mass is 257 g/mol. The summed E-state index contributed by atoms with van der Waals surface area (Å²) in [6.07, 6.45) is 4.07. The average Bonchev–Trinajstić information content (AvgIpc) is 2.89. The molecule has 2 rings (SSSR count). The molecular formula is C16H23N3. The van der Waals surface area contributed by atoms with Crippen LogP contribution in [0.25, 0.3) is 11.3 Å². The first-order valence-corrected chi connectivity index (χ1v) is 7.09. The van der Waals surface area contributed by atoms with E-state index >= 15 is 0 Å². The number of benzene rings is 1. The second kappa shape index (κ2) is 6.53. The highest BCUT2D eigenvalue weighted by atomic mass is 15.3. The lowest BCUT2D eigenvalue weighted by Gasteiger charge is -2.15. The molecule has 102 valence electrons. The molecule has 1 N–H and O–H groups in total. The highest BCUT2D eigenvalue weighted by molar-refractivity contribution is 5.60. The van der Waals surface area contributed by atoms with E-state index in [4.69, 9.17) is 0 Å². The number of aryl methyl sites for hydroxylation is 1. The molecule has 1 atom stereocenters. The minimum atomic E-state index is 0.419. The molecule has 0 amide bonds. The van der Waals surface area contributed by atoms with Gasteiger partial charge in [-0.15, -0.1) is 0 Å². The molecule has 1 aromatic carbocycles. The number of nitrogens with one attached hydrogen (secondary N) is 1. The third-order valence-electron chi connectivity index (χ3n) is 3.49. The van der Waals surface area contributed by atoms with Gasteiger partial charge in [-0.1, -0.05) is 32.0 Å². The molecule has 2 aromatic rings. The van der Waals surface area contributed by atoms with Gasteiger partial charge in [-0.3, -0.25) is 4.68 Å². The van der Waals surface area contributed by atoms with Gasteiger partial charge in [-0.2, -0.15) is 5.10 Å². The molecule has 1 heterocycles. The van der Waals surface area contributed by atoms with E-state index in [-0.39, 0.29) is 0 Å². The Morgan fingerprint density at radius 1 is 1.26 bits per heavy atom. The van der Waals surface area contributed by atoms with Gasteiger partial charge in [0.25, 0.3) is 0 Å². The molecule has 0 aliphatic carbocycles. The molecule has 0 spiro atoms. The Morgan fingerprint density at radius 2 is 2.11 bits per heavy atom. The Balaban J connectivity index is 2.34. The average molecular weight is 257 g/mol. The van der Waals surface area contributed by atoms with Crippen LogP contribution in [0.15, 0.2) is 36.5 Å². The first-order valence-electron chi connectivity index (χ1n) is 7.09. The Morgan fingerprint density at radius 3 is 2.79 bits per heavy atom. The SMILES string of the molecule is CCCn1nccc1-c1cccc(C(CC)NC)c1. The lowest BCUT2D eigenvalue weighted by Crippen LogP contribution is -2.15. The maximum atomic E-state index is 4.40. The third-order valence-corrected chi connectivity index (χ3v) is 3.49. The van der Waals surface area contributed by atoms with E-state index in [1.54, 1.807) is 0 Å². The number of hydrogen-bond donors (Lipinski definition) is 1. The zero-order chi connectivity index (χ0) is 13.7. The summed E-state index contributed by atoms with van der Waals surface area (Å²) in [6, 6.07) is 11.3. The van der Waals surface area contributed by atoms with Crippen molar-refractivity contribution in [2.75, 3.05) is 7.05 Å². The van der Waals surface area contributed by atoms with Crippen LogP contribution in [0, 0.1) is 0 Å². The second-order valence-corrected chi connectivity index (χ2v) is 4.81. The highest BCUT2D eigenvalue weighted by Crippen LogP contribution is 2.24. The van der Waals surface area contributed by atoms with Crippen molar-refractivity contribution < 1.29 is 0 Å². The summed E-state index contributed by atoms with van der Waals surface area (Å²) in [7, 11) is 2.02. The minimum Gasteiger partial charge on any atom is -0.313 e. The van der Waals surface area contributed by atoms with E-state index in [9.17, 15) is 0 Å². The summed E-state index contributed by atoms with van der Waals surface area (Å²) in [5, 5.41) is 7.76. The van der Waals surface area contributed by atoms with Crippen LogP contribution in [0.4, 0.5) is 0 Å². The van der Waals surface area contributed by atoms with Gasteiger partial charge in [0.05, 0.1) is 5.69 Å². The molecule has 1 aromatic heterocycles. The van der Waals surface area contributed by atoms with Crippen LogP contribution in [0.5, 0.6) is 0 Å². The van der Waals surface area contributed by atoms with Crippen molar-refractivity contribution in [3.63, 3.8) is 0 Å². The van der Waals surface area contributed by atoms with Crippen LogP contribution in [0.1, 0.15) is 38.3 Å². The van der Waals surface area contributed by atoms with Crippen molar-refractivity contribution in [1.82, 2.24) is 15.1 Å². The Labute approximate surface area is 115 Å². The van der Waals surface area contributed by atoms with E-state index in [1.165, 1.54) is 16.8 Å². The van der Waals surface area contributed by atoms with Crippen LogP contribution in [-0.4, -0.2) is 16.8 Å². The van der Waals surface area contributed by atoms with Crippen molar-refractivity contribution in [3.05, 3.63) is 42.1 Å². The largest absolute Gasteiger partial charge is 0.313 e. The van der Waals surface area contributed by atoms with Gasteiger partial charge >= 0.3 is 0 Å². The van der Waals surface area contributed by atoms with Crippen LogP contribution >= 0.6 is 0 Å². The molecule has 1 unspecified atom stereocenters. The molecular weight excluding hydrogens is 234 g/mol. The van der Waals surface area contributed by atoms with Gasteiger partial charge in [0, 0.05) is 24.3 Å². The van der Waals surface area contributed by atoms with Gasteiger partial charge < -0.3 is 5.32 Å². The van der Waals surface area contributed by atoms with Crippen molar-refractivity contribution in [2.24, 2.45) is 0 Å². The van der Waals surface area contributed by atoms with Gasteiger partial charge in [0.15, 0.2) is 0 Å². The van der Waals surface area contributed by atoms with Gasteiger partial charge in [0.2, 0.25) is 0 Å². The quantitative estimate of drug-likeness (QED) is 0.856. The predicted octanol–water partition coefficient (Wildman–Crippen LogP) is 3.63. The molecule has 0 saturated heterocycles. The van der Waals surface area contributed by atoms with Crippen LogP contribution in [-0.2, 0) is 6.54 Å². The van der Waals surface area contributed by atoms with Gasteiger partial charge in [-0.25, -0.2) is 0 Å². The minimum absolute atomic E-state index is 0.419. The van der Waals surface area contributed by atoms with E-state index in [2.05, 4.69) is 59.3 Å². The second-order valence-electron chi connectivity index (χ2n) is 4.81. The van der Waals surface area contributed by atoms with Crippen molar-refractivity contribution in [3.8, 4) is 11.3 Å². The third kappa shape index (κ3) is 3.04. The van der Waals surface area contributed by atoms with E-state index in [0.29, 0.717) is 6.04 Å². The number of hydrogen-bond acceptors (Lipinski definition) is 2. The fourth-order valence-electron chi connectivity index (χ4n) is 2.49. The van der Waals surface area contributed by atoms with Crippen molar-refractivity contribution in [2.45, 2.75) is 39.3 Å². The zero-order valence-corrected chi connectivity index (χ0v) is 12.1. The first-order chi connectivity index (χ1) is 9.30. The van der Waals surface area contributed by atoms with Crippen molar-refractivity contribution >= 4 is 0 Å². The topological polar surface area (TPSA) is 29.9 Å². The summed E-state index contributed by atoms with van der Waals surface area (Å²) in [5.74, 6) is 0. The summed E-state index contributed by atoms with van der Waals surface area (Å²) in [6.45, 7) is 5.35. The smallest absolute Gasteiger partial charge is 0.0682 e. The van der Waals surface area contributed by atoms with E-state index in [1.807, 2.05) is 13.2 Å². The molecule has 0 aliphatic rings. The molecule has 0 radical (unpaired) electrons. The lowest BCUT2D eigenvalue weighted by molar-refractivity contribution is 0.576. The van der Waals surface area contributed by atoms with E-state index in [0.717, 1.165) is 19.4 Å². The molecule has 3 heteroatoms. The van der Waals surface area contributed by atoms with E-state index < -0.39 is 0 Å². The molecule has 19 heavy (non-hydrogen) atoms. The summed E-state index contributed by atoms with van der Waals surface area (Å²) in [5.41, 5.74) is 3.79. The van der Waals surface area contributed by atoms with Gasteiger partial charge in [-0.05, 0) is 37.6 Å². The predicted molar refractivity (Wildman–Crippen MR) is 80.0 cm³/mol. The normalized spacial score (nSPS) is 12.6. The lowest BCUT2D eigenvalue weighted by atomic mass is 10.0. The molecule has 0 saturated carbocycles. The van der Waals surface area contributed by atoms with Crippen molar-refractivity contribution in [1.29, 1.82) is 0 Å². The summed E-state index contributed by atoms with van der Waals surface area (Å²) in [4.78, 5) is 0. The van der Waals surface area contributed by atoms with Crippen LogP contribution in [0.3, 0.4) is 0 Å². The van der Waals surface area contributed by atoms with Crippen LogP contribution < -0.4 is 5.32 Å². The molecule has 0 fully saturated rings. The fraction of sp³-hybridized carbons (Fsp3) is 0.438. The van der Waals surface area contributed by atoms with Gasteiger partial charge in [0.1, 0.15) is 0 Å². The number of nitrogens with zero attached hydrogens (tertiary/aromatic N) is 2. The fourth-order valence-corrected chi connectivity index (χ4v) is 2.49. The van der Waals surface area contributed by atoms with Crippen LogP contribution in [0.2, 0.25) is 0 Å². The molecule has 0 bridgehead atoms. The Kier molecular flexibility index (Phi) is 4.74. The number of rotatable bonds is 6. The molecule has 0 aliphatic heterocycles. The molecule has 3 nitrogen and oxygen atoms in total. The standard InChI is InChI=1S/C16H23N3/c1-4-11-19-16(9-10-18-19)14-8-6-7-13(12-14)15(5-2)17-3/h6-10,12,15,17H,4-5,11H2,1-3H3. The Hall–Kier alpha value is -1.61. The summed E-state index contributed by atoms with van der Waals surface area (Å²) >= 11 is 0. The number of aromatic nitrogens is 2. The maximum absolute atomic E-state index is 4.40. The first kappa shape index (κ1) is 13.8. The highest BCUT2D eigenvalue weighted by Gasteiger charge is 2.09. The zero-order valence-electron chi connectivity index (χ0n) is 12.1.